The van der Waals surface area contributed by atoms with E-state index in [1.54, 1.807) is 30.3 Å². The summed E-state index contributed by atoms with van der Waals surface area (Å²) in [5, 5.41) is 1.05. The number of halogens is 2. The van der Waals surface area contributed by atoms with Crippen molar-refractivity contribution in [2.24, 2.45) is 0 Å². The van der Waals surface area contributed by atoms with Gasteiger partial charge in [0.15, 0.2) is 0 Å². The molecule has 1 aromatic heterocycles. The number of hydrogen-bond acceptors (Lipinski definition) is 6. The third kappa shape index (κ3) is 6.39. The molecule has 0 radical (unpaired) electrons. The first-order chi connectivity index (χ1) is 16.6. The van der Waals surface area contributed by atoms with E-state index in [4.69, 9.17) is 23.2 Å². The third-order valence-electron chi connectivity index (χ3n) is 6.74. The molecular weight excluding hydrogens is 509 g/mol. The summed E-state index contributed by atoms with van der Waals surface area (Å²) >= 11 is 12.4. The molecule has 2 aliphatic heterocycles. The molecule has 0 aliphatic carbocycles. The van der Waals surface area contributed by atoms with Crippen LogP contribution in [0.5, 0.6) is 0 Å². The largest absolute Gasteiger partial charge is 0.353 e. The van der Waals surface area contributed by atoms with E-state index in [-0.39, 0.29) is 5.91 Å². The lowest BCUT2D eigenvalue weighted by Gasteiger charge is -2.47. The summed E-state index contributed by atoms with van der Waals surface area (Å²) in [4.78, 5) is 24.0. The predicted molar refractivity (Wildman–Crippen MR) is 141 cm³/mol. The SMILES string of the molecule is CC[C@H]1CN(c2ncc(NS(C)(=O)=O)cc2Cl)CCN1C1CCN(C(=O)c2ccc(Cl)cc2)CC1. The lowest BCUT2D eigenvalue weighted by molar-refractivity contribution is 0.0491. The smallest absolute Gasteiger partial charge is 0.253 e. The van der Waals surface area contributed by atoms with Crippen LogP contribution >= 0.6 is 23.2 Å². The first-order valence-corrected chi connectivity index (χ1v) is 14.5. The number of likely N-dealkylation sites (tertiary alicyclic amines) is 1. The second-order valence-corrected chi connectivity index (χ2v) is 11.8. The zero-order valence-electron chi connectivity index (χ0n) is 20.0. The summed E-state index contributed by atoms with van der Waals surface area (Å²) in [7, 11) is -3.39. The summed E-state index contributed by atoms with van der Waals surface area (Å²) in [5.74, 6) is 0.735. The van der Waals surface area contributed by atoms with Crippen molar-refractivity contribution < 1.29 is 13.2 Å². The molecule has 8 nitrogen and oxygen atoms in total. The third-order valence-corrected chi connectivity index (χ3v) is 7.87. The highest BCUT2D eigenvalue weighted by molar-refractivity contribution is 7.92. The molecule has 1 aromatic carbocycles. The quantitative estimate of drug-likeness (QED) is 0.597. The Kier molecular flexibility index (Phi) is 8.10. The second kappa shape index (κ2) is 10.9. The Morgan fingerprint density at radius 2 is 1.80 bits per heavy atom. The number of rotatable bonds is 6. The van der Waals surface area contributed by atoms with Gasteiger partial charge in [0.25, 0.3) is 5.91 Å². The summed E-state index contributed by atoms with van der Waals surface area (Å²) in [6.45, 7) is 6.14. The van der Waals surface area contributed by atoms with Gasteiger partial charge in [-0.15, -0.1) is 0 Å². The van der Waals surface area contributed by atoms with Crippen LogP contribution in [-0.2, 0) is 10.0 Å². The Labute approximate surface area is 217 Å². The van der Waals surface area contributed by atoms with Crippen molar-refractivity contribution in [1.82, 2.24) is 14.8 Å². The molecule has 1 amide bonds. The maximum atomic E-state index is 12.9. The van der Waals surface area contributed by atoms with Gasteiger partial charge in [-0.25, -0.2) is 13.4 Å². The standard InChI is InChI=1S/C24H31Cl2N5O3S/c1-3-20-16-30(23-22(26)14-19(15-27-23)28-35(2,33)34)12-13-31(20)21-8-10-29(11-9-21)24(32)17-4-6-18(25)7-5-17/h4-7,14-15,20-21,28H,3,8-13,16H2,1-2H3/t20-/m0/s1. The zero-order chi connectivity index (χ0) is 25.2. The van der Waals surface area contributed by atoms with Gasteiger partial charge in [0, 0.05) is 55.4 Å². The van der Waals surface area contributed by atoms with Crippen LogP contribution in [0.4, 0.5) is 11.5 Å². The highest BCUT2D eigenvalue weighted by Gasteiger charge is 2.34. The summed E-state index contributed by atoms with van der Waals surface area (Å²) in [6, 6.07) is 9.46. The fourth-order valence-corrected chi connectivity index (χ4v) is 5.97. The molecule has 2 aromatic rings. The van der Waals surface area contributed by atoms with Gasteiger partial charge in [0.05, 0.1) is 23.2 Å². The minimum Gasteiger partial charge on any atom is -0.353 e. The minimum atomic E-state index is -3.39. The van der Waals surface area contributed by atoms with Crippen molar-refractivity contribution in [3.63, 3.8) is 0 Å². The maximum absolute atomic E-state index is 12.9. The summed E-state index contributed by atoms with van der Waals surface area (Å²) in [5.41, 5.74) is 1.03. The van der Waals surface area contributed by atoms with Crippen LogP contribution in [0.3, 0.4) is 0 Å². The van der Waals surface area contributed by atoms with E-state index in [1.807, 2.05) is 4.90 Å². The van der Waals surface area contributed by atoms with Crippen LogP contribution in [0.2, 0.25) is 10.0 Å². The monoisotopic (exact) mass is 539 g/mol. The molecule has 3 heterocycles. The number of aromatic nitrogens is 1. The van der Waals surface area contributed by atoms with Gasteiger partial charge < -0.3 is 9.80 Å². The molecule has 2 saturated heterocycles. The van der Waals surface area contributed by atoms with Gasteiger partial charge >= 0.3 is 0 Å². The van der Waals surface area contributed by atoms with E-state index in [0.717, 1.165) is 58.2 Å². The van der Waals surface area contributed by atoms with Crippen LogP contribution in [-0.4, -0.2) is 80.2 Å². The lowest BCUT2D eigenvalue weighted by atomic mass is 9.97. The van der Waals surface area contributed by atoms with Crippen molar-refractivity contribution in [2.45, 2.75) is 38.3 Å². The Hall–Kier alpha value is -2.07. The molecule has 2 fully saturated rings. The Morgan fingerprint density at radius 1 is 1.11 bits per heavy atom. The number of sulfonamides is 1. The van der Waals surface area contributed by atoms with Crippen LogP contribution in [0.15, 0.2) is 36.5 Å². The minimum absolute atomic E-state index is 0.0616. The molecule has 1 atom stereocenters. The van der Waals surface area contributed by atoms with Gasteiger partial charge in [0.1, 0.15) is 5.82 Å². The Balaban J connectivity index is 1.36. The first-order valence-electron chi connectivity index (χ1n) is 11.8. The topological polar surface area (TPSA) is 85.8 Å². The molecule has 1 N–H and O–H groups in total. The fraction of sp³-hybridized carbons (Fsp3) is 0.500. The number of nitrogens with zero attached hydrogens (tertiary/aromatic N) is 4. The second-order valence-electron chi connectivity index (χ2n) is 9.18. The van der Waals surface area contributed by atoms with Gasteiger partial charge in [0.2, 0.25) is 10.0 Å². The number of benzene rings is 1. The van der Waals surface area contributed by atoms with E-state index < -0.39 is 10.0 Å². The van der Waals surface area contributed by atoms with E-state index in [2.05, 4.69) is 26.4 Å². The number of pyridine rings is 1. The number of hydrogen-bond donors (Lipinski definition) is 1. The van der Waals surface area contributed by atoms with Crippen molar-refractivity contribution in [3.05, 3.63) is 52.1 Å². The van der Waals surface area contributed by atoms with Crippen LogP contribution in [0, 0.1) is 0 Å². The highest BCUT2D eigenvalue weighted by Crippen LogP contribution is 2.31. The number of piperazine rings is 1. The average Bonchev–Trinajstić information content (AvgIpc) is 2.83. The van der Waals surface area contributed by atoms with Gasteiger partial charge in [-0.3, -0.25) is 14.4 Å². The van der Waals surface area contributed by atoms with Gasteiger partial charge in [-0.1, -0.05) is 30.1 Å². The van der Waals surface area contributed by atoms with Gasteiger partial charge in [-0.05, 0) is 49.6 Å². The molecule has 0 spiro atoms. The lowest BCUT2D eigenvalue weighted by Crippen LogP contribution is -2.58. The highest BCUT2D eigenvalue weighted by atomic mass is 35.5. The molecular formula is C24H31Cl2N5O3S. The molecule has 0 saturated carbocycles. The fourth-order valence-electron chi connectivity index (χ4n) is 5.01. The number of carbonyl (C=O) groups is 1. The maximum Gasteiger partial charge on any atom is 0.253 e. The molecule has 35 heavy (non-hydrogen) atoms. The molecule has 190 valence electrons. The van der Waals surface area contributed by atoms with Crippen molar-refractivity contribution >= 4 is 50.6 Å². The van der Waals surface area contributed by atoms with Crippen molar-refractivity contribution in [3.8, 4) is 0 Å². The number of anilines is 2. The van der Waals surface area contributed by atoms with Crippen LogP contribution < -0.4 is 9.62 Å². The molecule has 0 unspecified atom stereocenters. The number of piperidine rings is 1. The normalized spacial score (nSPS) is 20.2. The van der Waals surface area contributed by atoms with Gasteiger partial charge in [-0.2, -0.15) is 0 Å². The van der Waals surface area contributed by atoms with Crippen LogP contribution in [0.25, 0.3) is 0 Å². The molecule has 2 aliphatic rings. The summed E-state index contributed by atoms with van der Waals surface area (Å²) < 4.78 is 25.4. The van der Waals surface area contributed by atoms with E-state index in [9.17, 15) is 13.2 Å². The number of nitrogens with one attached hydrogen (secondary N) is 1. The van der Waals surface area contributed by atoms with E-state index in [1.165, 1.54) is 6.20 Å². The predicted octanol–water partition coefficient (Wildman–Crippen LogP) is 3.97. The van der Waals surface area contributed by atoms with E-state index in [0.29, 0.717) is 39.2 Å². The molecule has 4 rings (SSSR count). The van der Waals surface area contributed by atoms with Crippen LogP contribution in [0.1, 0.15) is 36.5 Å². The molecule has 11 heteroatoms. The Bertz CT molecular complexity index is 1150. The zero-order valence-corrected chi connectivity index (χ0v) is 22.3. The van der Waals surface area contributed by atoms with E-state index >= 15 is 0 Å². The average molecular weight is 541 g/mol. The van der Waals surface area contributed by atoms with Crippen molar-refractivity contribution in [2.75, 3.05) is 48.6 Å². The number of amides is 1. The first kappa shape index (κ1) is 26.0. The summed E-state index contributed by atoms with van der Waals surface area (Å²) in [6.07, 6.45) is 5.48. The Morgan fingerprint density at radius 3 is 2.40 bits per heavy atom. The van der Waals surface area contributed by atoms with Crippen molar-refractivity contribution in [1.29, 1.82) is 0 Å². The molecule has 0 bridgehead atoms. The number of carbonyl (C=O) groups excluding carboxylic acids is 1.